The second kappa shape index (κ2) is 4.32. The summed E-state index contributed by atoms with van der Waals surface area (Å²) < 4.78 is 31.2. The summed E-state index contributed by atoms with van der Waals surface area (Å²) in [6.45, 7) is -0.0687. The van der Waals surface area contributed by atoms with Crippen LogP contribution >= 0.6 is 0 Å². The molecule has 0 unspecified atom stereocenters. The number of pyridine rings is 1. The van der Waals surface area contributed by atoms with E-state index in [1.807, 2.05) is 0 Å². The molecule has 1 aromatic rings. The lowest BCUT2D eigenvalue weighted by Crippen LogP contribution is -2.19. The molecule has 0 aliphatic rings. The molecule has 0 spiro atoms. The average molecular weight is 202 g/mol. The van der Waals surface area contributed by atoms with Crippen molar-refractivity contribution in [2.24, 2.45) is 5.73 Å². The Morgan fingerprint density at radius 2 is 2.21 bits per heavy atom. The van der Waals surface area contributed by atoms with Gasteiger partial charge in [0.05, 0.1) is 13.3 Å². The summed E-state index contributed by atoms with van der Waals surface area (Å²) >= 11 is 0. The fraction of sp³-hybridized carbons (Fsp3) is 0.444. The smallest absolute Gasteiger partial charge is 0.290 e. The van der Waals surface area contributed by atoms with Crippen molar-refractivity contribution in [2.45, 2.75) is 12.3 Å². The maximum atomic E-state index is 13.2. The van der Waals surface area contributed by atoms with Crippen LogP contribution in [0.15, 0.2) is 18.3 Å². The Morgan fingerprint density at radius 1 is 1.50 bits per heavy atom. The zero-order valence-corrected chi connectivity index (χ0v) is 7.84. The van der Waals surface area contributed by atoms with E-state index >= 15 is 0 Å². The lowest BCUT2D eigenvalue weighted by molar-refractivity contribution is -0.0152. The molecule has 0 fully saturated rings. The van der Waals surface area contributed by atoms with E-state index < -0.39 is 12.3 Å². The molecule has 0 radical (unpaired) electrons. The summed E-state index contributed by atoms with van der Waals surface area (Å²) in [4.78, 5) is 3.61. The SMILES string of the molecule is COc1ccc(C(F)(F)CCN)nc1. The van der Waals surface area contributed by atoms with Gasteiger partial charge in [0.25, 0.3) is 5.92 Å². The molecule has 0 atom stereocenters. The van der Waals surface area contributed by atoms with Crippen molar-refractivity contribution in [3.8, 4) is 5.75 Å². The van der Waals surface area contributed by atoms with Gasteiger partial charge in [0.1, 0.15) is 11.4 Å². The molecule has 2 N–H and O–H groups in total. The monoisotopic (exact) mass is 202 g/mol. The molecule has 0 aromatic carbocycles. The topological polar surface area (TPSA) is 48.1 Å². The van der Waals surface area contributed by atoms with Gasteiger partial charge in [-0.25, -0.2) is 0 Å². The van der Waals surface area contributed by atoms with Gasteiger partial charge in [0.15, 0.2) is 0 Å². The number of halogens is 2. The van der Waals surface area contributed by atoms with Crippen molar-refractivity contribution in [3.63, 3.8) is 0 Å². The molecule has 14 heavy (non-hydrogen) atoms. The van der Waals surface area contributed by atoms with Gasteiger partial charge in [-0.05, 0) is 18.7 Å². The molecular weight excluding hydrogens is 190 g/mol. The van der Waals surface area contributed by atoms with Crippen LogP contribution in [-0.4, -0.2) is 18.6 Å². The maximum Gasteiger partial charge on any atom is 0.290 e. The van der Waals surface area contributed by atoms with Crippen LogP contribution in [0.5, 0.6) is 5.75 Å². The zero-order valence-electron chi connectivity index (χ0n) is 7.84. The number of aromatic nitrogens is 1. The number of methoxy groups -OCH3 is 1. The molecule has 0 amide bonds. The quantitative estimate of drug-likeness (QED) is 0.805. The number of ether oxygens (including phenoxy) is 1. The van der Waals surface area contributed by atoms with Crippen molar-refractivity contribution in [3.05, 3.63) is 24.0 Å². The minimum atomic E-state index is -2.96. The highest BCUT2D eigenvalue weighted by Gasteiger charge is 2.31. The minimum Gasteiger partial charge on any atom is -0.495 e. The Balaban J connectivity index is 2.85. The number of nitrogens with two attached hydrogens (primary N) is 1. The van der Waals surface area contributed by atoms with Crippen LogP contribution < -0.4 is 10.5 Å². The third-order valence-electron chi connectivity index (χ3n) is 1.81. The van der Waals surface area contributed by atoms with Gasteiger partial charge in [-0.3, -0.25) is 4.98 Å². The van der Waals surface area contributed by atoms with E-state index in [9.17, 15) is 8.78 Å². The first-order valence-electron chi connectivity index (χ1n) is 4.18. The fourth-order valence-corrected chi connectivity index (χ4v) is 1.03. The predicted molar refractivity (Wildman–Crippen MR) is 48.4 cm³/mol. The van der Waals surface area contributed by atoms with Crippen LogP contribution in [0.4, 0.5) is 8.78 Å². The number of hydrogen-bond acceptors (Lipinski definition) is 3. The molecule has 0 aliphatic carbocycles. The predicted octanol–water partition coefficient (Wildman–Crippen LogP) is 1.53. The summed E-state index contributed by atoms with van der Waals surface area (Å²) in [5.41, 5.74) is 4.80. The van der Waals surface area contributed by atoms with Gasteiger partial charge in [-0.15, -0.1) is 0 Å². The van der Waals surface area contributed by atoms with E-state index in [0.29, 0.717) is 5.75 Å². The zero-order chi connectivity index (χ0) is 10.6. The van der Waals surface area contributed by atoms with Crippen molar-refractivity contribution < 1.29 is 13.5 Å². The molecule has 1 rings (SSSR count). The summed E-state index contributed by atoms with van der Waals surface area (Å²) in [6.07, 6.45) is 0.867. The highest BCUT2D eigenvalue weighted by Crippen LogP contribution is 2.29. The Kier molecular flexibility index (Phi) is 3.35. The molecule has 78 valence electrons. The molecule has 0 saturated carbocycles. The number of hydrogen-bond donors (Lipinski definition) is 1. The van der Waals surface area contributed by atoms with E-state index in [-0.39, 0.29) is 12.2 Å². The molecule has 5 heteroatoms. The Hall–Kier alpha value is -1.23. The molecule has 3 nitrogen and oxygen atoms in total. The third-order valence-corrected chi connectivity index (χ3v) is 1.81. The van der Waals surface area contributed by atoms with Gasteiger partial charge < -0.3 is 10.5 Å². The van der Waals surface area contributed by atoms with Crippen molar-refractivity contribution in [2.75, 3.05) is 13.7 Å². The number of rotatable bonds is 4. The van der Waals surface area contributed by atoms with Crippen LogP contribution in [0.2, 0.25) is 0 Å². The lowest BCUT2D eigenvalue weighted by atomic mass is 10.1. The van der Waals surface area contributed by atoms with E-state index in [1.54, 1.807) is 0 Å². The van der Waals surface area contributed by atoms with Gasteiger partial charge in [-0.2, -0.15) is 8.78 Å². The first-order chi connectivity index (χ1) is 6.60. The maximum absolute atomic E-state index is 13.2. The van der Waals surface area contributed by atoms with Crippen molar-refractivity contribution in [1.29, 1.82) is 0 Å². The highest BCUT2D eigenvalue weighted by molar-refractivity contribution is 5.21. The molecule has 1 heterocycles. The van der Waals surface area contributed by atoms with E-state index in [1.165, 1.54) is 25.4 Å². The van der Waals surface area contributed by atoms with Gasteiger partial charge in [0.2, 0.25) is 0 Å². The summed E-state index contributed by atoms with van der Waals surface area (Å²) in [6, 6.07) is 2.70. The van der Waals surface area contributed by atoms with Gasteiger partial charge in [-0.1, -0.05) is 0 Å². The number of nitrogens with zero attached hydrogens (tertiary/aromatic N) is 1. The van der Waals surface area contributed by atoms with Crippen molar-refractivity contribution >= 4 is 0 Å². The summed E-state index contributed by atoms with van der Waals surface area (Å²) in [5.74, 6) is -2.50. The molecule has 0 saturated heterocycles. The normalized spacial score (nSPS) is 11.4. The molecule has 0 aliphatic heterocycles. The molecule has 0 bridgehead atoms. The minimum absolute atomic E-state index is 0.0687. The van der Waals surface area contributed by atoms with E-state index in [2.05, 4.69) is 4.98 Å². The van der Waals surface area contributed by atoms with Gasteiger partial charge in [0, 0.05) is 6.42 Å². The first-order valence-corrected chi connectivity index (χ1v) is 4.18. The molecular formula is C9H12F2N2O. The largest absolute Gasteiger partial charge is 0.495 e. The van der Waals surface area contributed by atoms with Gasteiger partial charge >= 0.3 is 0 Å². The van der Waals surface area contributed by atoms with Crippen LogP contribution in [0, 0.1) is 0 Å². The Morgan fingerprint density at radius 3 is 2.64 bits per heavy atom. The summed E-state index contributed by atoms with van der Waals surface area (Å²) in [5, 5.41) is 0. The fourth-order valence-electron chi connectivity index (χ4n) is 1.03. The second-order valence-corrected chi connectivity index (χ2v) is 2.83. The third kappa shape index (κ3) is 2.38. The highest BCUT2D eigenvalue weighted by atomic mass is 19.3. The van der Waals surface area contributed by atoms with E-state index in [0.717, 1.165) is 0 Å². The van der Waals surface area contributed by atoms with Crippen LogP contribution in [0.25, 0.3) is 0 Å². The Labute approximate surface area is 80.9 Å². The van der Waals surface area contributed by atoms with Crippen LogP contribution in [-0.2, 0) is 5.92 Å². The number of alkyl halides is 2. The average Bonchev–Trinajstić information content (AvgIpc) is 2.18. The lowest BCUT2D eigenvalue weighted by Gasteiger charge is -2.14. The summed E-state index contributed by atoms with van der Waals surface area (Å²) in [7, 11) is 1.45. The van der Waals surface area contributed by atoms with Crippen molar-refractivity contribution in [1.82, 2.24) is 4.98 Å². The standard InChI is InChI=1S/C9H12F2N2O/c1-14-7-2-3-8(13-6-7)9(10,11)4-5-12/h2-3,6H,4-5,12H2,1H3. The van der Waals surface area contributed by atoms with E-state index in [4.69, 9.17) is 10.5 Å². The second-order valence-electron chi connectivity index (χ2n) is 2.83. The van der Waals surface area contributed by atoms with Crippen LogP contribution in [0.1, 0.15) is 12.1 Å². The van der Waals surface area contributed by atoms with Crippen LogP contribution in [0.3, 0.4) is 0 Å². The first kappa shape index (κ1) is 10.8. The Bertz CT molecular complexity index is 287. The molecule has 1 aromatic heterocycles.